The van der Waals surface area contributed by atoms with Crippen LogP contribution in [0.2, 0.25) is 0 Å². The van der Waals surface area contributed by atoms with Crippen molar-refractivity contribution >= 4 is 23.2 Å². The normalized spacial score (nSPS) is 10.5. The fraction of sp³-hybridized carbons (Fsp3) is 0. The molecule has 144 valence electrons. The first-order chi connectivity index (χ1) is 14.1. The number of aromatic nitrogens is 2. The summed E-state index contributed by atoms with van der Waals surface area (Å²) in [5.74, 6) is -0.875. The van der Waals surface area contributed by atoms with E-state index in [0.29, 0.717) is 22.6 Å². The molecule has 0 bridgehead atoms. The van der Waals surface area contributed by atoms with Crippen LogP contribution in [-0.4, -0.2) is 22.0 Å². The van der Waals surface area contributed by atoms with Gasteiger partial charge in [-0.15, -0.1) is 0 Å². The van der Waals surface area contributed by atoms with Crippen LogP contribution < -0.4 is 10.6 Å². The van der Waals surface area contributed by atoms with E-state index in [2.05, 4.69) is 20.8 Å². The Hall–Kier alpha value is -4.20. The van der Waals surface area contributed by atoms with Crippen molar-refractivity contribution in [1.82, 2.24) is 10.2 Å². The van der Waals surface area contributed by atoms with Crippen molar-refractivity contribution in [1.29, 1.82) is 0 Å². The summed E-state index contributed by atoms with van der Waals surface area (Å²) in [6.07, 6.45) is 1.42. The lowest BCUT2D eigenvalue weighted by molar-refractivity contribution is 0.0994. The first kappa shape index (κ1) is 18.2. The molecular weight excluding hydrogens is 375 g/mol. The summed E-state index contributed by atoms with van der Waals surface area (Å²) >= 11 is 0. The lowest BCUT2D eigenvalue weighted by Crippen LogP contribution is -2.13. The number of nitrogens with one attached hydrogen (secondary N) is 3. The predicted molar refractivity (Wildman–Crippen MR) is 105 cm³/mol. The van der Waals surface area contributed by atoms with E-state index in [4.69, 9.17) is 4.42 Å². The van der Waals surface area contributed by atoms with Crippen molar-refractivity contribution in [3.05, 3.63) is 90.3 Å². The van der Waals surface area contributed by atoms with Crippen LogP contribution in [0, 0.1) is 5.82 Å². The molecule has 0 aliphatic carbocycles. The SMILES string of the molecule is O=C(Nc1ccc(NC(=O)c2ccco2)cc1)c1cc(-c2ccc(F)cc2)n[nH]1. The lowest BCUT2D eigenvalue weighted by atomic mass is 10.1. The lowest BCUT2D eigenvalue weighted by Gasteiger charge is -2.06. The van der Waals surface area contributed by atoms with Gasteiger partial charge in [0, 0.05) is 16.9 Å². The highest BCUT2D eigenvalue weighted by Gasteiger charge is 2.12. The monoisotopic (exact) mass is 390 g/mol. The Bertz CT molecular complexity index is 1130. The smallest absolute Gasteiger partial charge is 0.291 e. The third kappa shape index (κ3) is 4.22. The molecule has 2 heterocycles. The summed E-state index contributed by atoms with van der Waals surface area (Å²) in [5.41, 5.74) is 2.59. The number of rotatable bonds is 5. The van der Waals surface area contributed by atoms with Crippen molar-refractivity contribution in [2.75, 3.05) is 10.6 Å². The third-order valence-electron chi connectivity index (χ3n) is 4.11. The van der Waals surface area contributed by atoms with Crippen molar-refractivity contribution in [2.45, 2.75) is 0 Å². The van der Waals surface area contributed by atoms with Gasteiger partial charge in [0.2, 0.25) is 0 Å². The number of hydrogen-bond donors (Lipinski definition) is 3. The van der Waals surface area contributed by atoms with E-state index in [1.807, 2.05) is 0 Å². The molecule has 0 saturated carbocycles. The number of nitrogens with zero attached hydrogens (tertiary/aromatic N) is 1. The standard InChI is InChI=1S/C21H15FN4O3/c22-14-5-3-13(4-6-14)17-12-18(26-25-17)20(27)23-15-7-9-16(10-8-15)24-21(28)19-2-1-11-29-19/h1-12H,(H,23,27)(H,24,28)(H,25,26). The van der Waals surface area contributed by atoms with Gasteiger partial charge >= 0.3 is 0 Å². The predicted octanol–water partition coefficient (Wildman–Crippen LogP) is 4.31. The molecule has 0 radical (unpaired) electrons. The van der Waals surface area contributed by atoms with Gasteiger partial charge in [0.15, 0.2) is 5.76 Å². The number of carbonyl (C=O) groups is 2. The van der Waals surface area contributed by atoms with Crippen LogP contribution in [0.4, 0.5) is 15.8 Å². The molecule has 0 fully saturated rings. The Balaban J connectivity index is 1.39. The van der Waals surface area contributed by atoms with Gasteiger partial charge in [-0.2, -0.15) is 5.10 Å². The summed E-state index contributed by atoms with van der Waals surface area (Å²) in [7, 11) is 0. The highest BCUT2D eigenvalue weighted by Crippen LogP contribution is 2.19. The summed E-state index contributed by atoms with van der Waals surface area (Å²) < 4.78 is 18.1. The fourth-order valence-corrected chi connectivity index (χ4v) is 2.64. The second-order valence-electron chi connectivity index (χ2n) is 6.14. The van der Waals surface area contributed by atoms with Gasteiger partial charge in [-0.3, -0.25) is 14.7 Å². The summed E-state index contributed by atoms with van der Waals surface area (Å²) in [5, 5.41) is 12.2. The number of aromatic amines is 1. The van der Waals surface area contributed by atoms with Crippen LogP contribution in [0.15, 0.2) is 77.4 Å². The maximum absolute atomic E-state index is 13.0. The maximum atomic E-state index is 13.0. The van der Waals surface area contributed by atoms with E-state index >= 15 is 0 Å². The number of hydrogen-bond acceptors (Lipinski definition) is 4. The molecule has 2 aromatic carbocycles. The van der Waals surface area contributed by atoms with E-state index in [0.717, 1.165) is 0 Å². The Morgan fingerprint density at radius 3 is 2.17 bits per heavy atom. The molecule has 0 spiro atoms. The molecule has 0 saturated heterocycles. The summed E-state index contributed by atoms with van der Waals surface area (Å²) in [4.78, 5) is 24.4. The number of halogens is 1. The Labute approximate surface area is 164 Å². The van der Waals surface area contributed by atoms with E-state index in [9.17, 15) is 14.0 Å². The van der Waals surface area contributed by atoms with Gasteiger partial charge in [-0.1, -0.05) is 0 Å². The molecule has 29 heavy (non-hydrogen) atoms. The largest absolute Gasteiger partial charge is 0.459 e. The zero-order valence-electron chi connectivity index (χ0n) is 15.0. The quantitative estimate of drug-likeness (QED) is 0.473. The van der Waals surface area contributed by atoms with Gasteiger partial charge in [-0.05, 0) is 66.7 Å². The maximum Gasteiger partial charge on any atom is 0.291 e. The molecule has 8 heteroatoms. The topological polar surface area (TPSA) is 100 Å². The van der Waals surface area contributed by atoms with Gasteiger partial charge < -0.3 is 15.1 Å². The number of anilines is 2. The van der Waals surface area contributed by atoms with E-state index in [1.54, 1.807) is 54.6 Å². The van der Waals surface area contributed by atoms with Crippen LogP contribution in [0.5, 0.6) is 0 Å². The third-order valence-corrected chi connectivity index (χ3v) is 4.11. The highest BCUT2D eigenvalue weighted by atomic mass is 19.1. The van der Waals surface area contributed by atoms with Gasteiger partial charge in [-0.25, -0.2) is 4.39 Å². The first-order valence-electron chi connectivity index (χ1n) is 8.66. The molecule has 2 aromatic heterocycles. The Morgan fingerprint density at radius 2 is 1.55 bits per heavy atom. The van der Waals surface area contributed by atoms with Crippen LogP contribution in [0.3, 0.4) is 0 Å². The minimum absolute atomic E-state index is 0.207. The minimum atomic E-state index is -0.377. The van der Waals surface area contributed by atoms with Crippen LogP contribution in [0.25, 0.3) is 11.3 Å². The Morgan fingerprint density at radius 1 is 0.897 bits per heavy atom. The van der Waals surface area contributed by atoms with E-state index in [1.165, 1.54) is 18.4 Å². The zero-order chi connectivity index (χ0) is 20.2. The van der Waals surface area contributed by atoms with Gasteiger partial charge in [0.25, 0.3) is 11.8 Å². The number of amides is 2. The fourth-order valence-electron chi connectivity index (χ4n) is 2.64. The van der Waals surface area contributed by atoms with Crippen LogP contribution in [-0.2, 0) is 0 Å². The second-order valence-corrected chi connectivity index (χ2v) is 6.14. The van der Waals surface area contributed by atoms with Crippen molar-refractivity contribution < 1.29 is 18.4 Å². The molecule has 3 N–H and O–H groups in total. The summed E-state index contributed by atoms with van der Waals surface area (Å²) in [6, 6.07) is 17.2. The molecule has 4 rings (SSSR count). The van der Waals surface area contributed by atoms with Crippen LogP contribution >= 0.6 is 0 Å². The Kier molecular flexibility index (Phi) is 4.90. The average molecular weight is 390 g/mol. The molecule has 4 aromatic rings. The average Bonchev–Trinajstić information content (AvgIpc) is 3.42. The summed E-state index contributed by atoms with van der Waals surface area (Å²) in [6.45, 7) is 0. The minimum Gasteiger partial charge on any atom is -0.459 e. The molecule has 2 amide bonds. The highest BCUT2D eigenvalue weighted by molar-refractivity contribution is 6.04. The number of benzene rings is 2. The van der Waals surface area contributed by atoms with E-state index < -0.39 is 0 Å². The zero-order valence-corrected chi connectivity index (χ0v) is 15.0. The first-order valence-corrected chi connectivity index (χ1v) is 8.66. The van der Waals surface area contributed by atoms with Crippen molar-refractivity contribution in [3.63, 3.8) is 0 Å². The molecular formula is C21H15FN4O3. The van der Waals surface area contributed by atoms with Gasteiger partial charge in [0.1, 0.15) is 11.5 Å². The molecule has 0 aliphatic rings. The molecule has 7 nitrogen and oxygen atoms in total. The second kappa shape index (κ2) is 7.81. The van der Waals surface area contributed by atoms with Crippen molar-refractivity contribution in [2.24, 2.45) is 0 Å². The molecule has 0 aliphatic heterocycles. The number of H-pyrrole nitrogens is 1. The van der Waals surface area contributed by atoms with Crippen LogP contribution in [0.1, 0.15) is 21.0 Å². The molecule has 0 unspecified atom stereocenters. The van der Waals surface area contributed by atoms with Gasteiger partial charge in [0.05, 0.1) is 12.0 Å². The number of carbonyl (C=O) groups excluding carboxylic acids is 2. The molecule has 0 atom stereocenters. The number of furan rings is 1. The van der Waals surface area contributed by atoms with Crippen molar-refractivity contribution in [3.8, 4) is 11.3 Å². The van der Waals surface area contributed by atoms with E-state index in [-0.39, 0.29) is 29.1 Å².